The van der Waals surface area contributed by atoms with Crippen molar-refractivity contribution in [2.75, 3.05) is 11.9 Å². The van der Waals surface area contributed by atoms with Gasteiger partial charge in [-0.25, -0.2) is 0 Å². The minimum atomic E-state index is 0.824. The van der Waals surface area contributed by atoms with Gasteiger partial charge >= 0.3 is 0 Å². The first-order valence-corrected chi connectivity index (χ1v) is 6.33. The van der Waals surface area contributed by atoms with Gasteiger partial charge in [0.15, 0.2) is 5.76 Å². The van der Waals surface area contributed by atoms with E-state index in [1.807, 2.05) is 13.8 Å². The van der Waals surface area contributed by atoms with Gasteiger partial charge in [-0.2, -0.15) is 0 Å². The minimum absolute atomic E-state index is 0.824. The second-order valence-corrected chi connectivity index (χ2v) is 5.21. The summed E-state index contributed by atoms with van der Waals surface area (Å²) >= 11 is 0. The molecular weight excluding hydrogens is 200 g/mol. The van der Waals surface area contributed by atoms with Gasteiger partial charge in [-0.3, -0.25) is 0 Å². The van der Waals surface area contributed by atoms with Crippen LogP contribution in [-0.4, -0.2) is 11.7 Å². The lowest BCUT2D eigenvalue weighted by atomic mass is 9.83. The van der Waals surface area contributed by atoms with Crippen LogP contribution in [0.4, 0.5) is 5.69 Å². The van der Waals surface area contributed by atoms with Crippen molar-refractivity contribution in [2.24, 2.45) is 11.8 Å². The molecule has 0 saturated heterocycles. The summed E-state index contributed by atoms with van der Waals surface area (Å²) in [6, 6.07) is 0. The van der Waals surface area contributed by atoms with Crippen LogP contribution in [0.3, 0.4) is 0 Å². The van der Waals surface area contributed by atoms with Crippen molar-refractivity contribution in [3.05, 3.63) is 11.5 Å². The number of anilines is 1. The average Bonchev–Trinajstić information content (AvgIpc) is 2.59. The highest BCUT2D eigenvalue weighted by atomic mass is 16.5. The highest BCUT2D eigenvalue weighted by Gasteiger charge is 2.18. The molecule has 3 heteroatoms. The van der Waals surface area contributed by atoms with Gasteiger partial charge in [0.2, 0.25) is 0 Å². The van der Waals surface area contributed by atoms with Crippen LogP contribution in [0, 0.1) is 25.7 Å². The molecule has 1 N–H and O–H groups in total. The van der Waals surface area contributed by atoms with Crippen LogP contribution < -0.4 is 5.32 Å². The Bertz CT molecular complexity index is 318. The van der Waals surface area contributed by atoms with Gasteiger partial charge in [0.1, 0.15) is 11.4 Å². The third-order valence-electron chi connectivity index (χ3n) is 3.74. The van der Waals surface area contributed by atoms with Crippen LogP contribution >= 0.6 is 0 Å². The summed E-state index contributed by atoms with van der Waals surface area (Å²) in [6.07, 6.45) is 5.48. The first kappa shape index (κ1) is 11.5. The van der Waals surface area contributed by atoms with E-state index in [9.17, 15) is 0 Å². The highest BCUT2D eigenvalue weighted by molar-refractivity contribution is 5.49. The number of rotatable bonds is 3. The maximum absolute atomic E-state index is 5.14. The third-order valence-corrected chi connectivity index (χ3v) is 3.74. The fraction of sp³-hybridized carbons (Fsp3) is 0.769. The molecule has 0 atom stereocenters. The molecule has 1 fully saturated rings. The van der Waals surface area contributed by atoms with E-state index in [0.29, 0.717) is 0 Å². The first-order chi connectivity index (χ1) is 7.66. The van der Waals surface area contributed by atoms with Crippen LogP contribution in [0.25, 0.3) is 0 Å². The zero-order chi connectivity index (χ0) is 11.5. The molecule has 2 rings (SSSR count). The second-order valence-electron chi connectivity index (χ2n) is 5.21. The Balaban J connectivity index is 1.83. The summed E-state index contributed by atoms with van der Waals surface area (Å²) in [7, 11) is 0. The smallest absolute Gasteiger partial charge is 0.156 e. The Labute approximate surface area is 97.6 Å². The van der Waals surface area contributed by atoms with E-state index >= 15 is 0 Å². The van der Waals surface area contributed by atoms with Gasteiger partial charge in [-0.1, -0.05) is 24.9 Å². The van der Waals surface area contributed by atoms with E-state index in [4.69, 9.17) is 4.52 Å². The van der Waals surface area contributed by atoms with Crippen molar-refractivity contribution >= 4 is 5.69 Å². The van der Waals surface area contributed by atoms with Gasteiger partial charge in [0.25, 0.3) is 0 Å². The number of aromatic nitrogens is 1. The molecule has 0 bridgehead atoms. The molecule has 1 aliphatic carbocycles. The average molecular weight is 222 g/mol. The summed E-state index contributed by atoms with van der Waals surface area (Å²) in [6.45, 7) is 7.38. The summed E-state index contributed by atoms with van der Waals surface area (Å²) in [5, 5.41) is 7.44. The quantitative estimate of drug-likeness (QED) is 0.850. The van der Waals surface area contributed by atoms with Gasteiger partial charge in [0, 0.05) is 6.54 Å². The molecule has 1 heterocycles. The number of aryl methyl sites for hydroxylation is 2. The Morgan fingerprint density at radius 1 is 1.25 bits per heavy atom. The highest BCUT2D eigenvalue weighted by Crippen LogP contribution is 2.29. The first-order valence-electron chi connectivity index (χ1n) is 6.33. The number of nitrogens with one attached hydrogen (secondary N) is 1. The largest absolute Gasteiger partial charge is 0.380 e. The summed E-state index contributed by atoms with van der Waals surface area (Å²) in [5.41, 5.74) is 2.07. The minimum Gasteiger partial charge on any atom is -0.380 e. The van der Waals surface area contributed by atoms with E-state index in [1.54, 1.807) is 0 Å². The van der Waals surface area contributed by atoms with Crippen LogP contribution in [0.15, 0.2) is 4.52 Å². The lowest BCUT2D eigenvalue weighted by Crippen LogP contribution is -2.20. The zero-order valence-corrected chi connectivity index (χ0v) is 10.5. The van der Waals surface area contributed by atoms with E-state index < -0.39 is 0 Å². The predicted molar refractivity (Wildman–Crippen MR) is 65.6 cm³/mol. The fourth-order valence-corrected chi connectivity index (χ4v) is 2.52. The van der Waals surface area contributed by atoms with Gasteiger partial charge in [-0.05, 0) is 38.5 Å². The third kappa shape index (κ3) is 2.57. The molecule has 1 aromatic heterocycles. The molecule has 16 heavy (non-hydrogen) atoms. The molecule has 90 valence electrons. The lowest BCUT2D eigenvalue weighted by Gasteiger charge is -2.26. The molecule has 0 radical (unpaired) electrons. The van der Waals surface area contributed by atoms with Crippen molar-refractivity contribution in [1.82, 2.24) is 5.16 Å². The fourth-order valence-electron chi connectivity index (χ4n) is 2.52. The molecule has 1 saturated carbocycles. The maximum Gasteiger partial charge on any atom is 0.156 e. The van der Waals surface area contributed by atoms with Crippen molar-refractivity contribution in [1.29, 1.82) is 0 Å². The Kier molecular flexibility index (Phi) is 3.52. The van der Waals surface area contributed by atoms with Crippen LogP contribution in [0.5, 0.6) is 0 Å². The van der Waals surface area contributed by atoms with Crippen LogP contribution in [-0.2, 0) is 0 Å². The summed E-state index contributed by atoms with van der Waals surface area (Å²) in [5.74, 6) is 2.65. The monoisotopic (exact) mass is 222 g/mol. The second kappa shape index (κ2) is 4.89. The molecule has 3 nitrogen and oxygen atoms in total. The normalized spacial score (nSPS) is 25.7. The predicted octanol–water partition coefficient (Wildman–Crippen LogP) is 3.53. The molecule has 0 amide bonds. The molecule has 0 unspecified atom stereocenters. The van der Waals surface area contributed by atoms with Crippen molar-refractivity contribution in [3.8, 4) is 0 Å². The van der Waals surface area contributed by atoms with Crippen LogP contribution in [0.2, 0.25) is 0 Å². The van der Waals surface area contributed by atoms with Crippen LogP contribution in [0.1, 0.15) is 44.1 Å². The van der Waals surface area contributed by atoms with Gasteiger partial charge < -0.3 is 9.84 Å². The standard InChI is InChI=1S/C13H22N2O/c1-9-4-6-12(7-5-9)8-14-13-10(2)15-16-11(13)3/h9,12,14H,4-8H2,1-3H3. The topological polar surface area (TPSA) is 38.1 Å². The summed E-state index contributed by atoms with van der Waals surface area (Å²) in [4.78, 5) is 0. The van der Waals surface area contributed by atoms with E-state index in [0.717, 1.165) is 35.5 Å². The Morgan fingerprint density at radius 3 is 2.50 bits per heavy atom. The van der Waals surface area contributed by atoms with Crippen molar-refractivity contribution < 1.29 is 4.52 Å². The zero-order valence-electron chi connectivity index (χ0n) is 10.5. The molecular formula is C13H22N2O. The maximum atomic E-state index is 5.14. The SMILES string of the molecule is Cc1noc(C)c1NCC1CCC(C)CC1. The molecule has 1 aliphatic rings. The van der Waals surface area contributed by atoms with Crippen molar-refractivity contribution in [3.63, 3.8) is 0 Å². The van der Waals surface area contributed by atoms with E-state index in [1.165, 1.54) is 25.7 Å². The number of nitrogens with zero attached hydrogens (tertiary/aromatic N) is 1. The van der Waals surface area contributed by atoms with Crippen molar-refractivity contribution in [2.45, 2.75) is 46.5 Å². The molecule has 0 spiro atoms. The number of hydrogen-bond acceptors (Lipinski definition) is 3. The van der Waals surface area contributed by atoms with Gasteiger partial charge in [-0.15, -0.1) is 0 Å². The Hall–Kier alpha value is -0.990. The Morgan fingerprint density at radius 2 is 1.94 bits per heavy atom. The molecule has 0 aromatic carbocycles. The lowest BCUT2D eigenvalue weighted by molar-refractivity contribution is 0.300. The molecule has 1 aromatic rings. The van der Waals surface area contributed by atoms with E-state index in [2.05, 4.69) is 17.4 Å². The van der Waals surface area contributed by atoms with Gasteiger partial charge in [0.05, 0.1) is 0 Å². The molecule has 0 aliphatic heterocycles. The number of hydrogen-bond donors (Lipinski definition) is 1. The van der Waals surface area contributed by atoms with E-state index in [-0.39, 0.29) is 0 Å². The summed E-state index contributed by atoms with van der Waals surface area (Å²) < 4.78 is 5.14.